The van der Waals surface area contributed by atoms with E-state index in [0.717, 1.165) is 24.1 Å². The normalized spacial score (nSPS) is 23.9. The molecule has 1 saturated carbocycles. The average molecular weight is 234 g/mol. The van der Waals surface area contributed by atoms with Crippen LogP contribution in [0.25, 0.3) is 0 Å². The van der Waals surface area contributed by atoms with Crippen LogP contribution in [0.3, 0.4) is 0 Å². The molecule has 0 saturated heterocycles. The van der Waals surface area contributed by atoms with Crippen molar-refractivity contribution in [2.24, 2.45) is 5.92 Å². The van der Waals surface area contributed by atoms with Gasteiger partial charge in [-0.25, -0.2) is 0 Å². The monoisotopic (exact) mass is 234 g/mol. The molecule has 0 heterocycles. The summed E-state index contributed by atoms with van der Waals surface area (Å²) in [6, 6.07) is 9.32. The van der Waals surface area contributed by atoms with Crippen molar-refractivity contribution >= 4 is 0 Å². The third-order valence-corrected chi connectivity index (χ3v) is 3.83. The van der Waals surface area contributed by atoms with Crippen LogP contribution in [0.15, 0.2) is 24.3 Å². The Morgan fingerprint density at radius 3 is 2.59 bits per heavy atom. The van der Waals surface area contributed by atoms with E-state index in [0.29, 0.717) is 0 Å². The number of ether oxygens (including phenoxy) is 1. The van der Waals surface area contributed by atoms with E-state index in [1.165, 1.54) is 31.4 Å². The fourth-order valence-electron chi connectivity index (χ4n) is 2.74. The topological polar surface area (TPSA) is 25.8 Å². The predicted octanol–water partition coefficient (Wildman–Crippen LogP) is 1.99. The van der Waals surface area contributed by atoms with Crippen molar-refractivity contribution in [1.29, 1.82) is 0 Å². The van der Waals surface area contributed by atoms with Gasteiger partial charge < -0.3 is 10.1 Å². The molecule has 2 atom stereocenters. The molecule has 1 aromatic carbocycles. The summed E-state index contributed by atoms with van der Waals surface area (Å²) in [4.78, 5) is 0. The van der Waals surface area contributed by atoms with Crippen LogP contribution in [-0.4, -0.2) is 19.7 Å². The summed E-state index contributed by atoms with van der Waals surface area (Å²) in [7, 11) is 1.71. The Balaban J connectivity index is 1.70. The van der Waals surface area contributed by atoms with Crippen molar-refractivity contribution in [2.75, 3.05) is 13.7 Å². The van der Waals surface area contributed by atoms with Crippen molar-refractivity contribution in [1.82, 2.24) is 0 Å². The lowest BCUT2D eigenvalue weighted by Gasteiger charge is -2.09. The average Bonchev–Trinajstić information content (AvgIpc) is 2.76. The minimum Gasteiger partial charge on any atom is -0.497 e. The van der Waals surface area contributed by atoms with Crippen molar-refractivity contribution in [2.45, 2.75) is 38.6 Å². The number of benzene rings is 1. The van der Waals surface area contributed by atoms with Gasteiger partial charge in [0.2, 0.25) is 0 Å². The number of hydrogen-bond acceptors (Lipinski definition) is 1. The molecule has 0 spiro atoms. The molecule has 2 nitrogen and oxygen atoms in total. The maximum Gasteiger partial charge on any atom is 0.118 e. The minimum absolute atomic E-state index is 0.878. The van der Waals surface area contributed by atoms with E-state index in [2.05, 4.69) is 24.4 Å². The zero-order valence-corrected chi connectivity index (χ0v) is 11.0. The molecule has 2 heteroatoms. The van der Waals surface area contributed by atoms with Crippen LogP contribution >= 0.6 is 0 Å². The van der Waals surface area contributed by atoms with Crippen molar-refractivity contribution < 1.29 is 10.1 Å². The van der Waals surface area contributed by atoms with E-state index >= 15 is 0 Å². The Morgan fingerprint density at radius 2 is 2.00 bits per heavy atom. The summed E-state index contributed by atoms with van der Waals surface area (Å²) in [5, 5.41) is 2.54. The van der Waals surface area contributed by atoms with Crippen molar-refractivity contribution in [3.63, 3.8) is 0 Å². The summed E-state index contributed by atoms with van der Waals surface area (Å²) in [6.07, 6.45) is 5.39. The van der Waals surface area contributed by atoms with Crippen LogP contribution in [0.1, 0.15) is 31.7 Å². The Labute approximate surface area is 104 Å². The second kappa shape index (κ2) is 6.06. The fourth-order valence-corrected chi connectivity index (χ4v) is 2.74. The first-order valence-electron chi connectivity index (χ1n) is 6.74. The van der Waals surface area contributed by atoms with Gasteiger partial charge in [0.15, 0.2) is 0 Å². The largest absolute Gasteiger partial charge is 0.497 e. The Hall–Kier alpha value is -1.02. The van der Waals surface area contributed by atoms with Crippen LogP contribution < -0.4 is 10.1 Å². The quantitative estimate of drug-likeness (QED) is 0.828. The first kappa shape index (κ1) is 12.4. The molecule has 1 aliphatic rings. The summed E-state index contributed by atoms with van der Waals surface area (Å²) in [5.74, 6) is 1.89. The molecule has 2 N–H and O–H groups in total. The molecule has 0 radical (unpaired) electrons. The second-order valence-corrected chi connectivity index (χ2v) is 5.30. The third kappa shape index (κ3) is 3.74. The number of hydrogen-bond donors (Lipinski definition) is 1. The highest BCUT2D eigenvalue weighted by Crippen LogP contribution is 2.22. The number of nitrogens with two attached hydrogens (primary N) is 1. The Kier molecular flexibility index (Phi) is 4.43. The maximum atomic E-state index is 5.16. The molecule has 1 fully saturated rings. The fraction of sp³-hybridized carbons (Fsp3) is 0.600. The summed E-state index contributed by atoms with van der Waals surface area (Å²) in [5.41, 5.74) is 1.41. The predicted molar refractivity (Wildman–Crippen MR) is 70.3 cm³/mol. The third-order valence-electron chi connectivity index (χ3n) is 3.83. The lowest BCUT2D eigenvalue weighted by atomic mass is 10.1. The van der Waals surface area contributed by atoms with E-state index in [1.54, 1.807) is 7.11 Å². The standard InChI is InChI=1S/C15H23NO/c1-12-3-6-14(11-12)16-10-9-13-4-7-15(17-2)8-5-13/h4-5,7-8,12,14,16H,3,6,9-11H2,1-2H3/p+1/t12-,14+/m1/s1. The van der Waals surface area contributed by atoms with Gasteiger partial charge in [-0.3, -0.25) is 0 Å². The van der Waals surface area contributed by atoms with Gasteiger partial charge in [-0.15, -0.1) is 0 Å². The van der Waals surface area contributed by atoms with Gasteiger partial charge >= 0.3 is 0 Å². The van der Waals surface area contributed by atoms with Gasteiger partial charge in [-0.05, 0) is 36.5 Å². The van der Waals surface area contributed by atoms with E-state index in [9.17, 15) is 0 Å². The highest BCUT2D eigenvalue weighted by molar-refractivity contribution is 5.27. The first-order chi connectivity index (χ1) is 8.28. The zero-order chi connectivity index (χ0) is 12.1. The van der Waals surface area contributed by atoms with E-state index in [1.807, 2.05) is 12.1 Å². The SMILES string of the molecule is COc1ccc(CC[NH2+][C@H]2CC[C@@H](C)C2)cc1. The van der Waals surface area contributed by atoms with Gasteiger partial charge in [-0.1, -0.05) is 19.1 Å². The van der Waals surface area contributed by atoms with Gasteiger partial charge in [0, 0.05) is 12.8 Å². The van der Waals surface area contributed by atoms with Gasteiger partial charge in [-0.2, -0.15) is 0 Å². The molecule has 0 aromatic heterocycles. The van der Waals surface area contributed by atoms with Crippen LogP contribution in [0.2, 0.25) is 0 Å². The lowest BCUT2D eigenvalue weighted by molar-refractivity contribution is -0.687. The molecule has 0 bridgehead atoms. The summed E-state index contributed by atoms with van der Waals surface area (Å²) >= 11 is 0. The van der Waals surface area contributed by atoms with Gasteiger partial charge in [0.25, 0.3) is 0 Å². The number of rotatable bonds is 5. The molecule has 1 aliphatic carbocycles. The van der Waals surface area contributed by atoms with Crippen LogP contribution in [0, 0.1) is 5.92 Å². The molecule has 0 aliphatic heterocycles. The highest BCUT2D eigenvalue weighted by atomic mass is 16.5. The molecule has 1 aromatic rings. The molecule has 0 amide bonds. The second-order valence-electron chi connectivity index (χ2n) is 5.30. The van der Waals surface area contributed by atoms with Crippen LogP contribution in [-0.2, 0) is 6.42 Å². The minimum atomic E-state index is 0.878. The van der Waals surface area contributed by atoms with Gasteiger partial charge in [0.1, 0.15) is 5.75 Å². The lowest BCUT2D eigenvalue weighted by Crippen LogP contribution is -2.89. The zero-order valence-electron chi connectivity index (χ0n) is 11.0. The summed E-state index contributed by atoms with van der Waals surface area (Å²) in [6.45, 7) is 3.58. The molecule has 17 heavy (non-hydrogen) atoms. The van der Waals surface area contributed by atoms with E-state index in [-0.39, 0.29) is 0 Å². The Morgan fingerprint density at radius 1 is 1.24 bits per heavy atom. The number of methoxy groups -OCH3 is 1. The first-order valence-corrected chi connectivity index (χ1v) is 6.74. The smallest absolute Gasteiger partial charge is 0.118 e. The van der Waals surface area contributed by atoms with E-state index < -0.39 is 0 Å². The molecular weight excluding hydrogens is 210 g/mol. The molecule has 0 unspecified atom stereocenters. The number of quaternary nitrogens is 1. The van der Waals surface area contributed by atoms with Crippen molar-refractivity contribution in [3.05, 3.63) is 29.8 Å². The molecule has 2 rings (SSSR count). The van der Waals surface area contributed by atoms with Gasteiger partial charge in [0.05, 0.1) is 19.7 Å². The van der Waals surface area contributed by atoms with Crippen LogP contribution in [0.5, 0.6) is 5.75 Å². The summed E-state index contributed by atoms with van der Waals surface area (Å²) < 4.78 is 5.16. The van der Waals surface area contributed by atoms with Crippen LogP contribution in [0.4, 0.5) is 0 Å². The molecular formula is C15H24NO+. The highest BCUT2D eigenvalue weighted by Gasteiger charge is 2.23. The maximum absolute atomic E-state index is 5.16. The molecule has 94 valence electrons. The van der Waals surface area contributed by atoms with E-state index in [4.69, 9.17) is 4.74 Å². The van der Waals surface area contributed by atoms with Crippen molar-refractivity contribution in [3.8, 4) is 5.75 Å². The Bertz CT molecular complexity index is 333.